The van der Waals surface area contributed by atoms with Crippen LogP contribution in [0.5, 0.6) is 5.75 Å². The molecule has 1 aliphatic rings. The predicted octanol–water partition coefficient (Wildman–Crippen LogP) is 6.55. The van der Waals surface area contributed by atoms with Gasteiger partial charge < -0.3 is 19.3 Å². The van der Waals surface area contributed by atoms with E-state index in [9.17, 15) is 13.6 Å². The van der Waals surface area contributed by atoms with Crippen LogP contribution in [0.15, 0.2) is 43.1 Å². The molecule has 0 saturated heterocycles. The number of methoxy groups -OCH3 is 1. The molecule has 36 heavy (non-hydrogen) atoms. The summed E-state index contributed by atoms with van der Waals surface area (Å²) in [5, 5.41) is 2.63. The maximum Gasteiger partial charge on any atom is 0.413 e. The number of ether oxygens (including phenoxy) is 2. The number of amides is 1. The number of hydrogen-bond donors (Lipinski definition) is 1. The van der Waals surface area contributed by atoms with Crippen molar-refractivity contribution in [2.24, 2.45) is 0 Å². The third-order valence-corrected chi connectivity index (χ3v) is 5.46. The standard InChI is InChI=1S/C27H34F2N4O3/c1-8-17(16-32(5)6)20-12-18-10-9-11-33(22(18)15-21(20)25(28)29)24-14-19(35-7)13-23(30-24)31-26(34)36-27(2,3)4/h8,12-16,25H,1,9-11H2,2-7H3,(H,30,31,34)/b17-16+. The summed E-state index contributed by atoms with van der Waals surface area (Å²) in [6.45, 7) is 9.69. The Bertz CT molecular complexity index is 1160. The second-order valence-electron chi connectivity index (χ2n) is 9.75. The van der Waals surface area contributed by atoms with E-state index in [0.29, 0.717) is 34.9 Å². The van der Waals surface area contributed by atoms with Gasteiger partial charge in [0.25, 0.3) is 6.43 Å². The molecule has 0 spiro atoms. The van der Waals surface area contributed by atoms with Crippen LogP contribution in [-0.2, 0) is 11.2 Å². The second-order valence-corrected chi connectivity index (χ2v) is 9.75. The molecule has 1 aromatic heterocycles. The molecule has 0 bridgehead atoms. The summed E-state index contributed by atoms with van der Waals surface area (Å²) in [5.41, 5.74) is 1.91. The minimum atomic E-state index is -2.68. The molecule has 194 valence electrons. The normalized spacial score (nSPS) is 13.8. The number of carbonyl (C=O) groups is 1. The second kappa shape index (κ2) is 11.0. The minimum absolute atomic E-state index is 0.0800. The summed E-state index contributed by atoms with van der Waals surface area (Å²) in [4.78, 5) is 20.6. The number of aryl methyl sites for hydroxylation is 1. The Labute approximate surface area is 211 Å². The van der Waals surface area contributed by atoms with Crippen LogP contribution < -0.4 is 15.0 Å². The summed E-state index contributed by atoms with van der Waals surface area (Å²) in [7, 11) is 5.18. The number of anilines is 3. The number of hydrogen-bond acceptors (Lipinski definition) is 6. The molecule has 0 atom stereocenters. The third kappa shape index (κ3) is 6.53. The number of nitrogens with one attached hydrogen (secondary N) is 1. The van der Waals surface area contributed by atoms with Crippen molar-refractivity contribution in [3.05, 3.63) is 59.8 Å². The number of rotatable bonds is 7. The number of alkyl halides is 2. The fraction of sp³-hybridized carbons (Fsp3) is 0.407. The van der Waals surface area contributed by atoms with Crippen LogP contribution in [-0.4, -0.2) is 49.3 Å². The molecule has 1 amide bonds. The fourth-order valence-corrected chi connectivity index (χ4v) is 4.05. The van der Waals surface area contributed by atoms with Gasteiger partial charge in [-0.05, 0) is 62.4 Å². The van der Waals surface area contributed by atoms with Crippen LogP contribution in [0.4, 0.5) is 30.9 Å². The molecule has 9 heteroatoms. The smallest absolute Gasteiger partial charge is 0.413 e. The first-order valence-electron chi connectivity index (χ1n) is 11.7. The quantitative estimate of drug-likeness (QED) is 0.435. The van der Waals surface area contributed by atoms with Gasteiger partial charge in [0, 0.05) is 50.2 Å². The molecule has 0 aliphatic carbocycles. The van der Waals surface area contributed by atoms with Crippen LogP contribution in [0.25, 0.3) is 5.57 Å². The Hall–Kier alpha value is -3.62. The van der Waals surface area contributed by atoms with Crippen LogP contribution >= 0.6 is 0 Å². The Morgan fingerprint density at radius 3 is 2.56 bits per heavy atom. The Balaban J connectivity index is 2.07. The van der Waals surface area contributed by atoms with Crippen molar-refractivity contribution in [3.8, 4) is 5.75 Å². The van der Waals surface area contributed by atoms with E-state index in [2.05, 4.69) is 16.9 Å². The largest absolute Gasteiger partial charge is 0.496 e. The molecule has 0 radical (unpaired) electrons. The number of allylic oxidation sites excluding steroid dienone is 2. The molecular formula is C27H34F2N4O3. The fourth-order valence-electron chi connectivity index (χ4n) is 4.05. The average Bonchev–Trinajstić information content (AvgIpc) is 2.79. The molecule has 1 N–H and O–H groups in total. The number of nitrogens with zero attached hydrogens (tertiary/aromatic N) is 3. The van der Waals surface area contributed by atoms with Crippen molar-refractivity contribution >= 4 is 29.0 Å². The zero-order valence-corrected chi connectivity index (χ0v) is 21.7. The molecule has 2 heterocycles. The zero-order chi connectivity index (χ0) is 26.6. The first kappa shape index (κ1) is 27.0. The van der Waals surface area contributed by atoms with E-state index < -0.39 is 18.1 Å². The number of pyridine rings is 1. The van der Waals surface area contributed by atoms with Crippen LogP contribution in [0.3, 0.4) is 0 Å². The molecule has 1 aliphatic heterocycles. The number of fused-ring (bicyclic) bond motifs is 1. The van der Waals surface area contributed by atoms with E-state index in [4.69, 9.17) is 9.47 Å². The molecule has 7 nitrogen and oxygen atoms in total. The Kier molecular flexibility index (Phi) is 8.22. The topological polar surface area (TPSA) is 66.9 Å². The minimum Gasteiger partial charge on any atom is -0.496 e. The van der Waals surface area contributed by atoms with Crippen molar-refractivity contribution in [1.29, 1.82) is 0 Å². The van der Waals surface area contributed by atoms with Crippen molar-refractivity contribution in [3.63, 3.8) is 0 Å². The van der Waals surface area contributed by atoms with Crippen LogP contribution in [0.2, 0.25) is 0 Å². The van der Waals surface area contributed by atoms with Gasteiger partial charge in [-0.15, -0.1) is 0 Å². The molecule has 0 saturated carbocycles. The van der Waals surface area contributed by atoms with Gasteiger partial charge in [0.15, 0.2) is 0 Å². The Morgan fingerprint density at radius 2 is 1.97 bits per heavy atom. The number of benzene rings is 1. The van der Waals surface area contributed by atoms with E-state index in [1.54, 1.807) is 50.1 Å². The van der Waals surface area contributed by atoms with Gasteiger partial charge in [-0.2, -0.15) is 0 Å². The lowest BCUT2D eigenvalue weighted by Gasteiger charge is -2.32. The van der Waals surface area contributed by atoms with Gasteiger partial charge in [0.1, 0.15) is 23.0 Å². The first-order chi connectivity index (χ1) is 16.9. The highest BCUT2D eigenvalue weighted by Crippen LogP contribution is 2.40. The number of carbonyl (C=O) groups excluding carboxylic acids is 1. The Morgan fingerprint density at radius 1 is 1.25 bits per heavy atom. The van der Waals surface area contributed by atoms with E-state index in [1.165, 1.54) is 13.2 Å². The summed E-state index contributed by atoms with van der Waals surface area (Å²) < 4.78 is 39.2. The van der Waals surface area contributed by atoms with Crippen molar-refractivity contribution in [1.82, 2.24) is 9.88 Å². The van der Waals surface area contributed by atoms with E-state index in [-0.39, 0.29) is 11.4 Å². The first-order valence-corrected chi connectivity index (χ1v) is 11.7. The maximum absolute atomic E-state index is 14.2. The highest BCUT2D eigenvalue weighted by Gasteiger charge is 2.26. The lowest BCUT2D eigenvalue weighted by molar-refractivity contribution is 0.0635. The van der Waals surface area contributed by atoms with Crippen molar-refractivity contribution in [2.45, 2.75) is 45.6 Å². The van der Waals surface area contributed by atoms with Gasteiger partial charge in [0.05, 0.1) is 7.11 Å². The monoisotopic (exact) mass is 500 g/mol. The molecule has 3 rings (SSSR count). The summed E-state index contributed by atoms with van der Waals surface area (Å²) in [6, 6.07) is 6.64. The van der Waals surface area contributed by atoms with Gasteiger partial charge in [-0.25, -0.2) is 18.6 Å². The molecule has 0 unspecified atom stereocenters. The van der Waals surface area contributed by atoms with E-state index >= 15 is 0 Å². The zero-order valence-electron chi connectivity index (χ0n) is 21.7. The SMILES string of the molecule is C=C/C(=C\N(C)C)c1cc2c(cc1C(F)F)N(c1cc(OC)cc(NC(=O)OC(C)(C)C)n1)CCC2. The van der Waals surface area contributed by atoms with Crippen molar-refractivity contribution in [2.75, 3.05) is 38.0 Å². The highest BCUT2D eigenvalue weighted by molar-refractivity contribution is 5.85. The average molecular weight is 501 g/mol. The molecular weight excluding hydrogens is 466 g/mol. The molecule has 0 fully saturated rings. The predicted molar refractivity (Wildman–Crippen MR) is 139 cm³/mol. The molecule has 2 aromatic rings. The van der Waals surface area contributed by atoms with Gasteiger partial charge in [-0.3, -0.25) is 5.32 Å². The van der Waals surface area contributed by atoms with Gasteiger partial charge in [0.2, 0.25) is 0 Å². The van der Waals surface area contributed by atoms with E-state index in [0.717, 1.165) is 18.4 Å². The van der Waals surface area contributed by atoms with E-state index in [1.807, 2.05) is 25.1 Å². The van der Waals surface area contributed by atoms with Crippen LogP contribution in [0, 0.1) is 0 Å². The summed E-state index contributed by atoms with van der Waals surface area (Å²) >= 11 is 0. The lowest BCUT2D eigenvalue weighted by atomic mass is 9.92. The number of halogens is 2. The van der Waals surface area contributed by atoms with Gasteiger partial charge >= 0.3 is 6.09 Å². The summed E-state index contributed by atoms with van der Waals surface area (Å²) in [5.74, 6) is 1.17. The maximum atomic E-state index is 14.2. The van der Waals surface area contributed by atoms with Crippen LogP contribution in [0.1, 0.15) is 50.3 Å². The third-order valence-electron chi connectivity index (χ3n) is 5.46. The van der Waals surface area contributed by atoms with Crippen molar-refractivity contribution < 1.29 is 23.0 Å². The lowest BCUT2D eigenvalue weighted by Crippen LogP contribution is -2.28. The number of aromatic nitrogens is 1. The molecule has 1 aromatic carbocycles. The highest BCUT2D eigenvalue weighted by atomic mass is 19.3. The summed E-state index contributed by atoms with van der Waals surface area (Å²) in [6.07, 6.45) is 1.58. The van der Waals surface area contributed by atoms with Gasteiger partial charge in [-0.1, -0.05) is 12.7 Å².